The van der Waals surface area contributed by atoms with Crippen LogP contribution < -0.4 is 0 Å². The summed E-state index contributed by atoms with van der Waals surface area (Å²) >= 11 is 0. The molecular weight excluding hydrogens is 254 g/mol. The Morgan fingerprint density at radius 3 is 2.80 bits per heavy atom. The first-order valence-corrected chi connectivity index (χ1v) is 6.54. The molecule has 102 valence electrons. The Labute approximate surface area is 116 Å². The first kappa shape index (κ1) is 12.7. The number of aliphatic hydroxyl groups excluding tert-OH is 1. The second-order valence-corrected chi connectivity index (χ2v) is 4.50. The van der Waals surface area contributed by atoms with Gasteiger partial charge in [-0.2, -0.15) is 5.10 Å². The van der Waals surface area contributed by atoms with Crippen LogP contribution in [0.2, 0.25) is 0 Å². The summed E-state index contributed by atoms with van der Waals surface area (Å²) in [4.78, 5) is 12.9. The van der Waals surface area contributed by atoms with Crippen molar-refractivity contribution < 1.29 is 5.11 Å². The SMILES string of the molecule is CCn1ncnc1CC(O)c1cnc2ccccc2n1. The molecule has 1 atom stereocenters. The van der Waals surface area contributed by atoms with Gasteiger partial charge >= 0.3 is 0 Å². The van der Waals surface area contributed by atoms with Crippen molar-refractivity contribution in [3.8, 4) is 0 Å². The zero-order chi connectivity index (χ0) is 13.9. The van der Waals surface area contributed by atoms with Gasteiger partial charge in [-0.3, -0.25) is 9.67 Å². The molecule has 20 heavy (non-hydrogen) atoms. The van der Waals surface area contributed by atoms with E-state index in [9.17, 15) is 5.11 Å². The highest BCUT2D eigenvalue weighted by Gasteiger charge is 2.15. The number of nitrogens with zero attached hydrogens (tertiary/aromatic N) is 5. The van der Waals surface area contributed by atoms with Gasteiger partial charge in [-0.1, -0.05) is 12.1 Å². The number of aromatic nitrogens is 5. The van der Waals surface area contributed by atoms with Gasteiger partial charge in [0, 0.05) is 13.0 Å². The van der Waals surface area contributed by atoms with Gasteiger partial charge in [0.25, 0.3) is 0 Å². The molecule has 3 rings (SSSR count). The summed E-state index contributed by atoms with van der Waals surface area (Å²) < 4.78 is 1.76. The van der Waals surface area contributed by atoms with Crippen LogP contribution in [0.1, 0.15) is 24.5 Å². The van der Waals surface area contributed by atoms with E-state index in [-0.39, 0.29) is 0 Å². The van der Waals surface area contributed by atoms with Crippen LogP contribution in [0.15, 0.2) is 36.8 Å². The molecule has 0 aliphatic carbocycles. The van der Waals surface area contributed by atoms with Gasteiger partial charge in [-0.15, -0.1) is 0 Å². The molecule has 6 heteroatoms. The van der Waals surface area contributed by atoms with Gasteiger partial charge in [0.05, 0.1) is 22.9 Å². The fourth-order valence-electron chi connectivity index (χ4n) is 2.12. The van der Waals surface area contributed by atoms with E-state index in [0.29, 0.717) is 12.1 Å². The normalized spacial score (nSPS) is 12.7. The third-order valence-corrected chi connectivity index (χ3v) is 3.18. The zero-order valence-corrected chi connectivity index (χ0v) is 11.1. The van der Waals surface area contributed by atoms with Gasteiger partial charge in [-0.05, 0) is 19.1 Å². The zero-order valence-electron chi connectivity index (χ0n) is 11.1. The lowest BCUT2D eigenvalue weighted by Crippen LogP contribution is -2.11. The van der Waals surface area contributed by atoms with E-state index in [1.54, 1.807) is 10.9 Å². The van der Waals surface area contributed by atoms with E-state index >= 15 is 0 Å². The predicted molar refractivity (Wildman–Crippen MR) is 73.9 cm³/mol. The number of aliphatic hydroxyl groups is 1. The summed E-state index contributed by atoms with van der Waals surface area (Å²) in [7, 11) is 0. The van der Waals surface area contributed by atoms with E-state index in [1.807, 2.05) is 31.2 Å². The molecule has 0 aliphatic rings. The van der Waals surface area contributed by atoms with E-state index in [0.717, 1.165) is 23.4 Å². The molecule has 2 heterocycles. The Hall–Kier alpha value is -2.34. The Morgan fingerprint density at radius 2 is 2.00 bits per heavy atom. The van der Waals surface area contributed by atoms with Crippen LogP contribution in [0, 0.1) is 0 Å². The molecule has 6 nitrogen and oxygen atoms in total. The summed E-state index contributed by atoms with van der Waals surface area (Å²) in [6.45, 7) is 2.71. The molecule has 0 bridgehead atoms. The minimum absolute atomic E-state index is 0.376. The monoisotopic (exact) mass is 269 g/mol. The summed E-state index contributed by atoms with van der Waals surface area (Å²) in [5, 5.41) is 14.4. The molecule has 0 aliphatic heterocycles. The van der Waals surface area contributed by atoms with Crippen LogP contribution in [0.25, 0.3) is 11.0 Å². The van der Waals surface area contributed by atoms with Crippen molar-refractivity contribution in [2.75, 3.05) is 0 Å². The summed E-state index contributed by atoms with van der Waals surface area (Å²) in [6, 6.07) is 7.59. The van der Waals surface area contributed by atoms with Crippen molar-refractivity contribution in [3.63, 3.8) is 0 Å². The largest absolute Gasteiger partial charge is 0.386 e. The number of hydrogen-bond donors (Lipinski definition) is 1. The second kappa shape index (κ2) is 5.34. The van der Waals surface area contributed by atoms with E-state index in [4.69, 9.17) is 0 Å². The molecule has 0 amide bonds. The van der Waals surface area contributed by atoms with Gasteiger partial charge in [0.2, 0.25) is 0 Å². The standard InChI is InChI=1S/C14H15N5O/c1-2-19-14(16-9-17-19)7-13(20)12-8-15-10-5-3-4-6-11(10)18-12/h3-6,8-9,13,20H,2,7H2,1H3. The minimum Gasteiger partial charge on any atom is -0.386 e. The minimum atomic E-state index is -0.735. The summed E-state index contributed by atoms with van der Waals surface area (Å²) in [6.07, 6.45) is 2.75. The average Bonchev–Trinajstić information content (AvgIpc) is 2.94. The number of fused-ring (bicyclic) bond motifs is 1. The van der Waals surface area contributed by atoms with Gasteiger partial charge in [0.1, 0.15) is 18.3 Å². The number of para-hydroxylation sites is 2. The van der Waals surface area contributed by atoms with Crippen LogP contribution in [-0.4, -0.2) is 29.8 Å². The number of benzene rings is 1. The number of aryl methyl sites for hydroxylation is 1. The molecule has 1 unspecified atom stereocenters. The van der Waals surface area contributed by atoms with Gasteiger partial charge in [-0.25, -0.2) is 9.97 Å². The van der Waals surface area contributed by atoms with Crippen molar-refractivity contribution in [2.24, 2.45) is 0 Å². The maximum atomic E-state index is 10.3. The first-order chi connectivity index (χ1) is 9.78. The Balaban J connectivity index is 1.86. The third-order valence-electron chi connectivity index (χ3n) is 3.18. The summed E-state index contributed by atoms with van der Waals surface area (Å²) in [5.41, 5.74) is 2.15. The molecular formula is C14H15N5O. The molecule has 1 N–H and O–H groups in total. The van der Waals surface area contributed by atoms with Crippen molar-refractivity contribution in [1.82, 2.24) is 24.7 Å². The molecule has 0 spiro atoms. The van der Waals surface area contributed by atoms with Crippen molar-refractivity contribution >= 4 is 11.0 Å². The molecule has 0 saturated carbocycles. The van der Waals surface area contributed by atoms with E-state index in [2.05, 4.69) is 20.1 Å². The predicted octanol–water partition coefficient (Wildman–Crippen LogP) is 1.52. The Kier molecular flexibility index (Phi) is 3.39. The maximum absolute atomic E-state index is 10.3. The van der Waals surface area contributed by atoms with Crippen LogP contribution >= 0.6 is 0 Å². The lowest BCUT2D eigenvalue weighted by molar-refractivity contribution is 0.169. The fraction of sp³-hybridized carbons (Fsp3) is 0.286. The van der Waals surface area contributed by atoms with Crippen LogP contribution in [0.3, 0.4) is 0 Å². The molecule has 0 saturated heterocycles. The van der Waals surface area contributed by atoms with Crippen molar-refractivity contribution in [3.05, 3.63) is 48.3 Å². The smallest absolute Gasteiger partial charge is 0.138 e. The summed E-state index contributed by atoms with van der Waals surface area (Å²) in [5.74, 6) is 0.745. The first-order valence-electron chi connectivity index (χ1n) is 6.54. The quantitative estimate of drug-likeness (QED) is 0.777. The third kappa shape index (κ3) is 2.37. The van der Waals surface area contributed by atoms with Crippen LogP contribution in [-0.2, 0) is 13.0 Å². The topological polar surface area (TPSA) is 76.7 Å². The Bertz CT molecular complexity index is 724. The highest BCUT2D eigenvalue weighted by atomic mass is 16.3. The van der Waals surface area contributed by atoms with Crippen molar-refractivity contribution in [2.45, 2.75) is 26.0 Å². The number of hydrogen-bond acceptors (Lipinski definition) is 5. The van der Waals surface area contributed by atoms with E-state index < -0.39 is 6.10 Å². The van der Waals surface area contributed by atoms with Crippen LogP contribution in [0.5, 0.6) is 0 Å². The molecule has 2 aromatic heterocycles. The highest BCUT2D eigenvalue weighted by Crippen LogP contribution is 2.17. The molecule has 3 aromatic rings. The fourth-order valence-corrected chi connectivity index (χ4v) is 2.12. The second-order valence-electron chi connectivity index (χ2n) is 4.50. The van der Waals surface area contributed by atoms with E-state index in [1.165, 1.54) is 6.33 Å². The maximum Gasteiger partial charge on any atom is 0.138 e. The molecule has 0 radical (unpaired) electrons. The Morgan fingerprint density at radius 1 is 1.20 bits per heavy atom. The van der Waals surface area contributed by atoms with Crippen LogP contribution in [0.4, 0.5) is 0 Å². The lowest BCUT2D eigenvalue weighted by atomic mass is 10.1. The molecule has 0 fully saturated rings. The van der Waals surface area contributed by atoms with Crippen molar-refractivity contribution in [1.29, 1.82) is 0 Å². The van der Waals surface area contributed by atoms with Gasteiger partial charge in [0.15, 0.2) is 0 Å². The lowest BCUT2D eigenvalue weighted by Gasteiger charge is -2.10. The average molecular weight is 269 g/mol. The van der Waals surface area contributed by atoms with Gasteiger partial charge < -0.3 is 5.11 Å². The number of rotatable bonds is 4. The molecule has 1 aromatic carbocycles. The highest BCUT2D eigenvalue weighted by molar-refractivity contribution is 5.73.